The Kier molecular flexibility index (Phi) is 6.11. The van der Waals surface area contributed by atoms with Crippen LogP contribution in [0.4, 0.5) is 5.69 Å². The summed E-state index contributed by atoms with van der Waals surface area (Å²) in [5.41, 5.74) is 2.15. The van der Waals surface area contributed by atoms with Crippen LogP contribution < -0.4 is 9.64 Å². The first-order chi connectivity index (χ1) is 14.9. The third-order valence-corrected chi connectivity index (χ3v) is 6.27. The molecule has 0 spiro atoms. The zero-order valence-electron chi connectivity index (χ0n) is 17.5. The average Bonchev–Trinajstić information content (AvgIpc) is 3.38. The first-order valence-corrected chi connectivity index (χ1v) is 10.7. The maximum Gasteiger partial charge on any atom is 0.248 e. The van der Waals surface area contributed by atoms with Crippen molar-refractivity contribution >= 4 is 34.8 Å². The Morgan fingerprint density at radius 1 is 1.32 bits per heavy atom. The molecule has 0 N–H and O–H groups in total. The van der Waals surface area contributed by atoms with Gasteiger partial charge in [-0.15, -0.1) is 0 Å². The van der Waals surface area contributed by atoms with Gasteiger partial charge in [-0.1, -0.05) is 23.2 Å². The number of methoxy groups -OCH3 is 1. The maximum atomic E-state index is 13.1. The standard InChI is InChI=1S/C21H23Cl2N5O3/c1-13-11-26(15-4-5-16(22)17(10-15)30-3)7-8-27(13)18(29)12-28-14(2)19(23)20(25-28)21-24-6-9-31-21/h4-6,9-10,13H,7-8,11-12H2,1-3H3/t13-/m0/s1. The number of aromatic nitrogens is 3. The molecule has 164 valence electrons. The van der Waals surface area contributed by atoms with E-state index in [0.29, 0.717) is 52.7 Å². The van der Waals surface area contributed by atoms with Gasteiger partial charge in [0, 0.05) is 37.4 Å². The van der Waals surface area contributed by atoms with Crippen LogP contribution in [0.3, 0.4) is 0 Å². The molecule has 0 bridgehead atoms. The largest absolute Gasteiger partial charge is 0.495 e. The molecule has 1 aliphatic rings. The van der Waals surface area contributed by atoms with Crippen molar-refractivity contribution in [2.24, 2.45) is 0 Å². The molecular formula is C21H23Cl2N5O3. The Balaban J connectivity index is 1.45. The number of piperazine rings is 1. The van der Waals surface area contributed by atoms with E-state index in [0.717, 1.165) is 5.69 Å². The van der Waals surface area contributed by atoms with Crippen molar-refractivity contribution < 1.29 is 13.9 Å². The second-order valence-electron chi connectivity index (χ2n) is 7.44. The van der Waals surface area contributed by atoms with Crippen LogP contribution in [0.1, 0.15) is 12.6 Å². The Morgan fingerprint density at radius 2 is 2.13 bits per heavy atom. The van der Waals surface area contributed by atoms with Gasteiger partial charge in [-0.05, 0) is 26.0 Å². The number of nitrogens with zero attached hydrogens (tertiary/aromatic N) is 5. The van der Waals surface area contributed by atoms with Crippen LogP contribution in [-0.2, 0) is 11.3 Å². The summed E-state index contributed by atoms with van der Waals surface area (Å²) < 4.78 is 12.2. The summed E-state index contributed by atoms with van der Waals surface area (Å²) in [7, 11) is 1.60. The van der Waals surface area contributed by atoms with Crippen LogP contribution in [0.25, 0.3) is 11.6 Å². The molecule has 2 aromatic heterocycles. The van der Waals surface area contributed by atoms with Gasteiger partial charge in [-0.2, -0.15) is 5.10 Å². The molecular weight excluding hydrogens is 441 g/mol. The van der Waals surface area contributed by atoms with Crippen LogP contribution in [0.15, 0.2) is 35.1 Å². The van der Waals surface area contributed by atoms with Gasteiger partial charge in [0.15, 0.2) is 5.69 Å². The van der Waals surface area contributed by atoms with Crippen molar-refractivity contribution in [3.05, 3.63) is 46.4 Å². The lowest BCUT2D eigenvalue weighted by Crippen LogP contribution is -2.54. The minimum Gasteiger partial charge on any atom is -0.495 e. The number of ether oxygens (including phenoxy) is 1. The van der Waals surface area contributed by atoms with E-state index >= 15 is 0 Å². The Hall–Kier alpha value is -2.71. The lowest BCUT2D eigenvalue weighted by molar-refractivity contribution is -0.134. The summed E-state index contributed by atoms with van der Waals surface area (Å²) in [6, 6.07) is 5.74. The molecule has 31 heavy (non-hydrogen) atoms. The molecule has 1 fully saturated rings. The minimum atomic E-state index is -0.0120. The molecule has 4 rings (SSSR count). The number of anilines is 1. The van der Waals surface area contributed by atoms with Crippen molar-refractivity contribution in [3.63, 3.8) is 0 Å². The SMILES string of the molecule is COc1cc(N2CCN(C(=O)Cn3nc(-c4ncco4)c(Cl)c3C)[C@@H](C)C2)ccc1Cl. The molecule has 0 saturated carbocycles. The summed E-state index contributed by atoms with van der Waals surface area (Å²) >= 11 is 12.5. The Morgan fingerprint density at radius 3 is 2.81 bits per heavy atom. The fourth-order valence-electron chi connectivity index (χ4n) is 3.78. The molecule has 3 aromatic rings. The molecule has 1 aliphatic heterocycles. The van der Waals surface area contributed by atoms with Gasteiger partial charge in [-0.3, -0.25) is 9.48 Å². The van der Waals surface area contributed by atoms with Gasteiger partial charge in [0.2, 0.25) is 11.8 Å². The molecule has 3 heterocycles. The van der Waals surface area contributed by atoms with Crippen LogP contribution in [-0.4, -0.2) is 58.4 Å². The van der Waals surface area contributed by atoms with E-state index in [-0.39, 0.29) is 18.5 Å². The van der Waals surface area contributed by atoms with Crippen LogP contribution in [0.5, 0.6) is 5.75 Å². The number of oxazole rings is 1. The van der Waals surface area contributed by atoms with E-state index in [1.54, 1.807) is 11.8 Å². The normalized spacial score (nSPS) is 16.6. The summed E-state index contributed by atoms with van der Waals surface area (Å²) in [6.45, 7) is 5.98. The third-order valence-electron chi connectivity index (χ3n) is 5.50. The highest BCUT2D eigenvalue weighted by Gasteiger charge is 2.29. The molecule has 0 unspecified atom stereocenters. The van der Waals surface area contributed by atoms with E-state index in [2.05, 4.69) is 15.0 Å². The number of rotatable bonds is 5. The number of amides is 1. The average molecular weight is 464 g/mol. The van der Waals surface area contributed by atoms with Gasteiger partial charge in [0.05, 0.1) is 29.0 Å². The molecule has 1 amide bonds. The highest BCUT2D eigenvalue weighted by atomic mass is 35.5. The monoisotopic (exact) mass is 463 g/mol. The number of carbonyl (C=O) groups is 1. The number of benzene rings is 1. The lowest BCUT2D eigenvalue weighted by Gasteiger charge is -2.41. The van der Waals surface area contributed by atoms with E-state index in [4.69, 9.17) is 32.4 Å². The summed E-state index contributed by atoms with van der Waals surface area (Å²) in [6.07, 6.45) is 2.99. The molecule has 1 aromatic carbocycles. The van der Waals surface area contributed by atoms with Crippen LogP contribution >= 0.6 is 23.2 Å². The van der Waals surface area contributed by atoms with Gasteiger partial charge in [-0.25, -0.2) is 4.98 Å². The highest BCUT2D eigenvalue weighted by Crippen LogP contribution is 2.31. The molecule has 8 nitrogen and oxygen atoms in total. The van der Waals surface area contributed by atoms with Crippen molar-refractivity contribution in [1.82, 2.24) is 19.7 Å². The molecule has 1 saturated heterocycles. The first kappa shape index (κ1) is 21.5. The summed E-state index contributed by atoms with van der Waals surface area (Å²) in [5.74, 6) is 0.958. The molecule has 1 atom stereocenters. The second-order valence-corrected chi connectivity index (χ2v) is 8.23. The van der Waals surface area contributed by atoms with E-state index in [1.165, 1.54) is 12.5 Å². The van der Waals surface area contributed by atoms with Gasteiger partial charge < -0.3 is 19.0 Å². The van der Waals surface area contributed by atoms with Crippen molar-refractivity contribution in [1.29, 1.82) is 0 Å². The fraction of sp³-hybridized carbons (Fsp3) is 0.381. The second kappa shape index (κ2) is 8.80. The number of halogens is 2. The lowest BCUT2D eigenvalue weighted by atomic mass is 10.1. The predicted molar refractivity (Wildman–Crippen MR) is 119 cm³/mol. The van der Waals surface area contributed by atoms with Crippen LogP contribution in [0, 0.1) is 6.92 Å². The fourth-order valence-corrected chi connectivity index (χ4v) is 4.19. The zero-order valence-corrected chi connectivity index (χ0v) is 19.0. The maximum absolute atomic E-state index is 13.1. The third kappa shape index (κ3) is 4.22. The summed E-state index contributed by atoms with van der Waals surface area (Å²) in [5, 5.41) is 5.46. The topological polar surface area (TPSA) is 76.6 Å². The quantitative estimate of drug-likeness (QED) is 0.570. The number of hydrogen-bond acceptors (Lipinski definition) is 6. The van der Waals surface area contributed by atoms with E-state index < -0.39 is 0 Å². The smallest absolute Gasteiger partial charge is 0.248 e. The summed E-state index contributed by atoms with van der Waals surface area (Å²) in [4.78, 5) is 21.2. The van der Waals surface area contributed by atoms with Crippen molar-refractivity contribution in [2.75, 3.05) is 31.6 Å². The molecule has 10 heteroatoms. The molecule has 0 aliphatic carbocycles. The van der Waals surface area contributed by atoms with Gasteiger partial charge in [0.1, 0.15) is 18.6 Å². The Labute approximate surface area is 190 Å². The Bertz CT molecular complexity index is 1080. The zero-order chi connectivity index (χ0) is 22.1. The highest BCUT2D eigenvalue weighted by molar-refractivity contribution is 6.33. The van der Waals surface area contributed by atoms with Crippen molar-refractivity contribution in [2.45, 2.75) is 26.4 Å². The molecule has 0 radical (unpaired) electrons. The van der Waals surface area contributed by atoms with Gasteiger partial charge >= 0.3 is 0 Å². The van der Waals surface area contributed by atoms with Gasteiger partial charge in [0.25, 0.3) is 0 Å². The van der Waals surface area contributed by atoms with E-state index in [9.17, 15) is 4.79 Å². The van der Waals surface area contributed by atoms with Crippen molar-refractivity contribution in [3.8, 4) is 17.3 Å². The number of carbonyl (C=O) groups excluding carboxylic acids is 1. The number of hydrogen-bond donors (Lipinski definition) is 0. The first-order valence-electron chi connectivity index (χ1n) is 9.89. The van der Waals surface area contributed by atoms with E-state index in [1.807, 2.05) is 36.9 Å². The van der Waals surface area contributed by atoms with Crippen LogP contribution in [0.2, 0.25) is 10.0 Å². The minimum absolute atomic E-state index is 0.0120. The predicted octanol–water partition coefficient (Wildman–Crippen LogP) is 3.90.